The largest absolute Gasteiger partial charge is 0.415 e. The highest BCUT2D eigenvalue weighted by Crippen LogP contribution is 2.46. The molecular weight excluding hydrogens is 633 g/mol. The first kappa shape index (κ1) is 30.0. The molecule has 0 N–H and O–H groups in total. The molecule has 0 atom stereocenters. The summed E-state index contributed by atoms with van der Waals surface area (Å²) >= 11 is 0. The zero-order valence-corrected chi connectivity index (χ0v) is 25.8. The SMILES string of the molecule is [C-]#[N+]c1ccc2c(c1)c1ccccc1n2-c1cc(C#N)cc(-n2c3ccccc3c3cc(C#N)ccc32)c1-c1ccc(C(F)(F)F)cc1[N+]#[C-]. The summed E-state index contributed by atoms with van der Waals surface area (Å²) in [5.41, 5.74) is 4.48. The average Bonchev–Trinajstić information content (AvgIpc) is 3.65. The van der Waals surface area contributed by atoms with E-state index in [-0.39, 0.29) is 16.8 Å². The molecule has 0 aliphatic rings. The van der Waals surface area contributed by atoms with Crippen molar-refractivity contribution in [2.45, 2.75) is 6.18 Å². The molecule has 0 saturated carbocycles. The molecular formula is C41H19F3N6. The number of aromatic nitrogens is 2. The molecule has 9 heteroatoms. The number of fused-ring (bicyclic) bond motifs is 6. The number of nitriles is 2. The maximum Gasteiger partial charge on any atom is 0.415 e. The molecule has 6 nitrogen and oxygen atoms in total. The molecule has 0 unspecified atom stereocenters. The van der Waals surface area contributed by atoms with Gasteiger partial charge in [-0.2, -0.15) is 23.7 Å². The van der Waals surface area contributed by atoms with Crippen molar-refractivity contribution in [3.63, 3.8) is 0 Å². The first-order valence-corrected chi connectivity index (χ1v) is 15.3. The number of hydrogen-bond acceptors (Lipinski definition) is 2. The van der Waals surface area contributed by atoms with E-state index in [0.29, 0.717) is 39.2 Å². The van der Waals surface area contributed by atoms with Crippen molar-refractivity contribution < 1.29 is 13.2 Å². The van der Waals surface area contributed by atoms with Gasteiger partial charge in [-0.15, -0.1) is 0 Å². The van der Waals surface area contributed by atoms with Crippen molar-refractivity contribution in [3.05, 3.63) is 155 Å². The van der Waals surface area contributed by atoms with Crippen LogP contribution in [-0.2, 0) is 6.18 Å². The number of nitrogens with zero attached hydrogens (tertiary/aromatic N) is 6. The summed E-state index contributed by atoms with van der Waals surface area (Å²) in [4.78, 5) is 7.22. The first-order valence-electron chi connectivity index (χ1n) is 15.3. The minimum absolute atomic E-state index is 0.212. The molecule has 8 rings (SSSR count). The summed E-state index contributed by atoms with van der Waals surface area (Å²) in [6.07, 6.45) is -4.67. The predicted octanol–water partition coefficient (Wildman–Crippen LogP) is 11.4. The van der Waals surface area contributed by atoms with Gasteiger partial charge < -0.3 is 9.13 Å². The van der Waals surface area contributed by atoms with Crippen LogP contribution in [0, 0.1) is 35.8 Å². The van der Waals surface area contributed by atoms with Crippen molar-refractivity contribution in [2.75, 3.05) is 0 Å². The van der Waals surface area contributed by atoms with Gasteiger partial charge in [0.1, 0.15) is 0 Å². The van der Waals surface area contributed by atoms with E-state index in [1.54, 1.807) is 36.4 Å². The van der Waals surface area contributed by atoms with Crippen LogP contribution in [0.2, 0.25) is 0 Å². The fraction of sp³-hybridized carbons (Fsp3) is 0.0244. The second kappa shape index (κ2) is 11.1. The second-order valence-electron chi connectivity index (χ2n) is 11.7. The highest BCUT2D eigenvalue weighted by Gasteiger charge is 2.32. The predicted molar refractivity (Wildman–Crippen MR) is 188 cm³/mol. The molecule has 0 spiro atoms. The minimum atomic E-state index is -4.67. The molecule has 0 bridgehead atoms. The third-order valence-electron chi connectivity index (χ3n) is 9.01. The fourth-order valence-electron chi connectivity index (χ4n) is 6.91. The third-order valence-corrected chi connectivity index (χ3v) is 9.01. The Kier molecular flexibility index (Phi) is 6.69. The third kappa shape index (κ3) is 4.47. The number of hydrogen-bond donors (Lipinski definition) is 0. The van der Waals surface area contributed by atoms with Crippen molar-refractivity contribution in [1.82, 2.24) is 9.13 Å². The summed E-state index contributed by atoms with van der Waals surface area (Å²) in [6, 6.07) is 36.7. The lowest BCUT2D eigenvalue weighted by atomic mass is 9.95. The van der Waals surface area contributed by atoms with Crippen LogP contribution in [0.5, 0.6) is 0 Å². The van der Waals surface area contributed by atoms with Crippen LogP contribution in [0.4, 0.5) is 24.5 Å². The Morgan fingerprint density at radius 2 is 1.12 bits per heavy atom. The monoisotopic (exact) mass is 652 g/mol. The molecule has 234 valence electrons. The zero-order valence-electron chi connectivity index (χ0n) is 25.8. The van der Waals surface area contributed by atoms with E-state index in [9.17, 15) is 23.7 Å². The van der Waals surface area contributed by atoms with Gasteiger partial charge in [-0.3, -0.25) is 0 Å². The normalized spacial score (nSPS) is 11.4. The molecule has 0 aliphatic heterocycles. The number of halogens is 3. The molecule has 0 saturated heterocycles. The van der Waals surface area contributed by atoms with Crippen LogP contribution in [0.15, 0.2) is 115 Å². The maximum atomic E-state index is 14.0. The fourth-order valence-corrected chi connectivity index (χ4v) is 6.91. The van der Waals surface area contributed by atoms with Crippen LogP contribution < -0.4 is 0 Å². The lowest BCUT2D eigenvalue weighted by Gasteiger charge is -2.22. The van der Waals surface area contributed by atoms with Gasteiger partial charge in [0, 0.05) is 27.3 Å². The van der Waals surface area contributed by atoms with E-state index in [1.165, 1.54) is 6.07 Å². The van der Waals surface area contributed by atoms with Crippen molar-refractivity contribution >= 4 is 55.0 Å². The molecule has 0 aliphatic carbocycles. The standard InChI is InChI=1S/C41H19F3N6/c1-47-27-13-16-37-32(21-27)29-8-4-6-10-35(29)50(37)39-19-25(23-46)18-38(40(39)30-14-12-26(41(42,43)44)20-33(30)48-2)49-34-9-5-3-7-28(34)31-17-24(22-45)11-15-36(31)49/h3-21H. The number of para-hydroxylation sites is 2. The van der Waals surface area contributed by atoms with Gasteiger partial charge in [0.25, 0.3) is 0 Å². The second-order valence-corrected chi connectivity index (χ2v) is 11.7. The van der Waals surface area contributed by atoms with E-state index in [1.807, 2.05) is 69.8 Å². The van der Waals surface area contributed by atoms with Crippen LogP contribution in [0.25, 0.3) is 75.8 Å². The number of rotatable bonds is 3. The van der Waals surface area contributed by atoms with Crippen molar-refractivity contribution in [3.8, 4) is 34.6 Å². The molecule has 0 radical (unpaired) electrons. The smallest absolute Gasteiger partial charge is 0.309 e. The van der Waals surface area contributed by atoms with Gasteiger partial charge in [0.05, 0.1) is 69.9 Å². The van der Waals surface area contributed by atoms with E-state index < -0.39 is 11.7 Å². The summed E-state index contributed by atoms with van der Waals surface area (Å²) in [5, 5.41) is 23.4. The van der Waals surface area contributed by atoms with Crippen molar-refractivity contribution in [2.24, 2.45) is 0 Å². The Hall–Kier alpha value is -7.33. The van der Waals surface area contributed by atoms with Crippen molar-refractivity contribution in [1.29, 1.82) is 10.5 Å². The Balaban J connectivity index is 1.61. The van der Waals surface area contributed by atoms with Crippen LogP contribution in [0.1, 0.15) is 16.7 Å². The van der Waals surface area contributed by atoms with E-state index in [4.69, 9.17) is 13.1 Å². The van der Waals surface area contributed by atoms with Crippen LogP contribution in [0.3, 0.4) is 0 Å². The summed E-state index contributed by atoms with van der Waals surface area (Å²) in [7, 11) is 0. The highest BCUT2D eigenvalue weighted by atomic mass is 19.4. The van der Waals surface area contributed by atoms with Gasteiger partial charge in [-0.1, -0.05) is 54.6 Å². The lowest BCUT2D eigenvalue weighted by molar-refractivity contribution is -0.137. The van der Waals surface area contributed by atoms with E-state index in [0.717, 1.165) is 44.7 Å². The molecule has 0 fully saturated rings. The van der Waals surface area contributed by atoms with Crippen LogP contribution >= 0.6 is 0 Å². The summed E-state index contributed by atoms with van der Waals surface area (Å²) in [5.74, 6) is 0. The molecule has 6 aromatic carbocycles. The van der Waals surface area contributed by atoms with Gasteiger partial charge in [0.15, 0.2) is 11.4 Å². The summed E-state index contributed by atoms with van der Waals surface area (Å²) in [6.45, 7) is 15.7. The number of alkyl halides is 3. The quantitative estimate of drug-likeness (QED) is 0.178. The van der Waals surface area contributed by atoms with Gasteiger partial charge >= 0.3 is 6.18 Å². The lowest BCUT2D eigenvalue weighted by Crippen LogP contribution is -2.07. The minimum Gasteiger partial charge on any atom is -0.309 e. The Bertz CT molecular complexity index is 2760. The van der Waals surface area contributed by atoms with E-state index in [2.05, 4.69) is 21.8 Å². The molecule has 8 aromatic rings. The summed E-state index contributed by atoms with van der Waals surface area (Å²) < 4.78 is 45.8. The van der Waals surface area contributed by atoms with Gasteiger partial charge in [-0.25, -0.2) is 9.69 Å². The molecule has 0 amide bonds. The molecule has 50 heavy (non-hydrogen) atoms. The van der Waals surface area contributed by atoms with Gasteiger partial charge in [0.2, 0.25) is 0 Å². The molecule has 2 aromatic heterocycles. The number of benzene rings is 6. The maximum absolute atomic E-state index is 14.0. The topological polar surface area (TPSA) is 66.2 Å². The zero-order chi connectivity index (χ0) is 34.7. The highest BCUT2D eigenvalue weighted by molar-refractivity contribution is 6.13. The Labute approximate surface area is 282 Å². The van der Waals surface area contributed by atoms with Crippen LogP contribution in [-0.4, -0.2) is 9.13 Å². The van der Waals surface area contributed by atoms with E-state index >= 15 is 0 Å². The molecule has 2 heterocycles. The average molecular weight is 653 g/mol. The Morgan fingerprint density at radius 1 is 0.560 bits per heavy atom. The first-order chi connectivity index (χ1) is 24.2. The van der Waals surface area contributed by atoms with Gasteiger partial charge in [-0.05, 0) is 71.6 Å². The Morgan fingerprint density at radius 3 is 1.68 bits per heavy atom.